The van der Waals surface area contributed by atoms with Crippen molar-refractivity contribution in [2.75, 3.05) is 27.9 Å². The summed E-state index contributed by atoms with van der Waals surface area (Å²) in [5.41, 5.74) is 5.95. The van der Waals surface area contributed by atoms with Gasteiger partial charge in [0.25, 0.3) is 0 Å². The van der Waals surface area contributed by atoms with Gasteiger partial charge in [0.15, 0.2) is 11.5 Å². The Kier molecular flexibility index (Phi) is 4.79. The minimum Gasteiger partial charge on any atom is -0.493 e. The van der Waals surface area contributed by atoms with E-state index in [0.717, 1.165) is 0 Å². The number of methoxy groups -OCH3 is 3. The normalized spacial score (nSPS) is 11.8. The van der Waals surface area contributed by atoms with Gasteiger partial charge in [-0.3, -0.25) is 4.79 Å². The van der Waals surface area contributed by atoms with Crippen LogP contribution >= 0.6 is 0 Å². The monoisotopic (exact) mass is 255 g/mol. The Bertz CT molecular complexity index is 433. The predicted molar refractivity (Wildman–Crippen MR) is 65.5 cm³/mol. The summed E-state index contributed by atoms with van der Waals surface area (Å²) in [4.78, 5) is 11.1. The minimum absolute atomic E-state index is 0.0266. The lowest BCUT2D eigenvalue weighted by Gasteiger charge is -2.18. The maximum absolute atomic E-state index is 11.1. The molecular formula is C12H17NO5. The van der Waals surface area contributed by atoms with Crippen LogP contribution in [0.1, 0.15) is 11.5 Å². The molecule has 0 radical (unpaired) electrons. The van der Waals surface area contributed by atoms with Crippen molar-refractivity contribution >= 4 is 5.97 Å². The quantitative estimate of drug-likeness (QED) is 0.782. The number of nitrogens with two attached hydrogens (primary N) is 1. The summed E-state index contributed by atoms with van der Waals surface area (Å²) in [6, 6.07) is 3.24. The zero-order valence-electron chi connectivity index (χ0n) is 10.6. The van der Waals surface area contributed by atoms with Crippen molar-refractivity contribution in [1.29, 1.82) is 0 Å². The van der Waals surface area contributed by atoms with Crippen LogP contribution in [0, 0.1) is 0 Å². The third-order valence-electron chi connectivity index (χ3n) is 2.64. The second-order valence-electron chi connectivity index (χ2n) is 3.55. The summed E-state index contributed by atoms with van der Waals surface area (Å²) in [6.45, 7) is -0.0266. The molecule has 0 spiro atoms. The van der Waals surface area contributed by atoms with Crippen LogP contribution < -0.4 is 19.9 Å². The Morgan fingerprint density at radius 2 is 1.83 bits per heavy atom. The highest BCUT2D eigenvalue weighted by Gasteiger charge is 2.26. The summed E-state index contributed by atoms with van der Waals surface area (Å²) in [5.74, 6) is -0.700. The smallest absolute Gasteiger partial charge is 0.312 e. The maximum atomic E-state index is 11.1. The van der Waals surface area contributed by atoms with E-state index in [1.165, 1.54) is 21.3 Å². The molecule has 1 unspecified atom stereocenters. The first-order valence-corrected chi connectivity index (χ1v) is 5.32. The average Bonchev–Trinajstić information content (AvgIpc) is 2.38. The van der Waals surface area contributed by atoms with Gasteiger partial charge < -0.3 is 25.1 Å². The lowest BCUT2D eigenvalue weighted by molar-refractivity contribution is -0.138. The van der Waals surface area contributed by atoms with Crippen LogP contribution in [0.5, 0.6) is 17.2 Å². The zero-order valence-corrected chi connectivity index (χ0v) is 10.6. The number of carboxylic acid groups (broad SMARTS) is 1. The van der Waals surface area contributed by atoms with Crippen LogP contribution in [0.3, 0.4) is 0 Å². The number of carboxylic acids is 1. The molecule has 1 atom stereocenters. The summed E-state index contributed by atoms with van der Waals surface area (Å²) < 4.78 is 15.5. The van der Waals surface area contributed by atoms with Crippen LogP contribution in [-0.4, -0.2) is 38.9 Å². The standard InChI is InChI=1S/C12H17NO5/c1-16-9-5-4-7(8(6-13)12(14)15)10(17-2)11(9)18-3/h4-5,8H,6,13H2,1-3H3,(H,14,15). The fourth-order valence-corrected chi connectivity index (χ4v) is 1.76. The van der Waals surface area contributed by atoms with Gasteiger partial charge >= 0.3 is 5.97 Å². The zero-order chi connectivity index (χ0) is 13.7. The van der Waals surface area contributed by atoms with Gasteiger partial charge in [-0.05, 0) is 6.07 Å². The molecular weight excluding hydrogens is 238 g/mol. The van der Waals surface area contributed by atoms with E-state index >= 15 is 0 Å². The lowest BCUT2D eigenvalue weighted by atomic mass is 9.97. The van der Waals surface area contributed by atoms with Gasteiger partial charge in [-0.2, -0.15) is 0 Å². The Morgan fingerprint density at radius 3 is 2.22 bits per heavy atom. The number of rotatable bonds is 6. The van der Waals surface area contributed by atoms with Crippen LogP contribution in [0.2, 0.25) is 0 Å². The fraction of sp³-hybridized carbons (Fsp3) is 0.417. The van der Waals surface area contributed by atoms with Crippen LogP contribution in [0.4, 0.5) is 0 Å². The van der Waals surface area contributed by atoms with E-state index in [1.54, 1.807) is 12.1 Å². The summed E-state index contributed by atoms with van der Waals surface area (Å²) in [6.07, 6.45) is 0. The molecule has 100 valence electrons. The molecule has 0 aliphatic rings. The van der Waals surface area contributed by atoms with Crippen LogP contribution in [0.15, 0.2) is 12.1 Å². The highest BCUT2D eigenvalue weighted by molar-refractivity contribution is 5.78. The molecule has 6 heteroatoms. The van der Waals surface area contributed by atoms with E-state index in [1.807, 2.05) is 0 Å². The second-order valence-corrected chi connectivity index (χ2v) is 3.55. The first-order chi connectivity index (χ1) is 8.60. The molecule has 0 aromatic heterocycles. The molecule has 0 bridgehead atoms. The SMILES string of the molecule is COc1ccc(C(CN)C(=O)O)c(OC)c1OC. The average molecular weight is 255 g/mol. The van der Waals surface area contributed by atoms with Crippen molar-refractivity contribution in [1.82, 2.24) is 0 Å². The van der Waals surface area contributed by atoms with Crippen LogP contribution in [0.25, 0.3) is 0 Å². The van der Waals surface area contributed by atoms with Crippen molar-refractivity contribution in [2.24, 2.45) is 5.73 Å². The molecule has 0 heterocycles. The highest BCUT2D eigenvalue weighted by Crippen LogP contribution is 2.42. The van der Waals surface area contributed by atoms with Gasteiger partial charge in [0, 0.05) is 12.1 Å². The maximum Gasteiger partial charge on any atom is 0.312 e. The van der Waals surface area contributed by atoms with Gasteiger partial charge in [0.2, 0.25) is 5.75 Å². The molecule has 0 aliphatic carbocycles. The van der Waals surface area contributed by atoms with Crippen molar-refractivity contribution < 1.29 is 24.1 Å². The van der Waals surface area contributed by atoms with Gasteiger partial charge in [-0.15, -0.1) is 0 Å². The molecule has 0 amide bonds. The number of hydrogen-bond donors (Lipinski definition) is 2. The van der Waals surface area contributed by atoms with Crippen molar-refractivity contribution in [3.05, 3.63) is 17.7 Å². The first-order valence-electron chi connectivity index (χ1n) is 5.32. The molecule has 1 rings (SSSR count). The number of hydrogen-bond acceptors (Lipinski definition) is 5. The molecule has 0 fully saturated rings. The Hall–Kier alpha value is -1.95. The van der Waals surface area contributed by atoms with E-state index in [9.17, 15) is 4.79 Å². The predicted octanol–water partition coefficient (Wildman–Crippen LogP) is 0.839. The summed E-state index contributed by atoms with van der Waals surface area (Å²) in [5, 5.41) is 9.13. The molecule has 18 heavy (non-hydrogen) atoms. The third-order valence-corrected chi connectivity index (χ3v) is 2.64. The van der Waals surface area contributed by atoms with Gasteiger partial charge in [-0.1, -0.05) is 6.07 Å². The fourth-order valence-electron chi connectivity index (χ4n) is 1.76. The van der Waals surface area contributed by atoms with E-state index in [0.29, 0.717) is 22.8 Å². The number of carbonyl (C=O) groups is 1. The van der Waals surface area contributed by atoms with Crippen molar-refractivity contribution in [3.8, 4) is 17.2 Å². The summed E-state index contributed by atoms with van der Waals surface area (Å²) >= 11 is 0. The topological polar surface area (TPSA) is 91.0 Å². The number of ether oxygens (including phenoxy) is 3. The number of benzene rings is 1. The second kappa shape index (κ2) is 6.11. The molecule has 1 aromatic carbocycles. The highest BCUT2D eigenvalue weighted by atomic mass is 16.5. The Balaban J connectivity index is 3.40. The van der Waals surface area contributed by atoms with Crippen molar-refractivity contribution in [2.45, 2.75) is 5.92 Å². The minimum atomic E-state index is -1.01. The van der Waals surface area contributed by atoms with Gasteiger partial charge in [0.1, 0.15) is 0 Å². The molecule has 6 nitrogen and oxygen atoms in total. The largest absolute Gasteiger partial charge is 0.493 e. The molecule has 3 N–H and O–H groups in total. The number of aliphatic carboxylic acids is 1. The third kappa shape index (κ3) is 2.48. The van der Waals surface area contributed by atoms with Crippen molar-refractivity contribution in [3.63, 3.8) is 0 Å². The van der Waals surface area contributed by atoms with E-state index < -0.39 is 11.9 Å². The van der Waals surface area contributed by atoms with E-state index in [2.05, 4.69) is 0 Å². The van der Waals surface area contributed by atoms with E-state index in [4.69, 9.17) is 25.1 Å². The molecule has 1 aromatic rings. The lowest BCUT2D eigenvalue weighted by Crippen LogP contribution is -2.22. The molecule has 0 aliphatic heterocycles. The first kappa shape index (κ1) is 14.1. The summed E-state index contributed by atoms with van der Waals surface area (Å²) in [7, 11) is 4.40. The molecule has 0 saturated heterocycles. The van der Waals surface area contributed by atoms with Crippen LogP contribution in [-0.2, 0) is 4.79 Å². The van der Waals surface area contributed by atoms with Gasteiger partial charge in [-0.25, -0.2) is 0 Å². The molecule has 0 saturated carbocycles. The Labute approximate surface area is 105 Å². The van der Waals surface area contributed by atoms with Gasteiger partial charge in [0.05, 0.1) is 27.2 Å². The Morgan fingerprint density at radius 1 is 1.22 bits per heavy atom. The van der Waals surface area contributed by atoms with E-state index in [-0.39, 0.29) is 6.54 Å².